The second kappa shape index (κ2) is 5.52. The molecule has 1 aromatic carbocycles. The van der Waals surface area contributed by atoms with Crippen LogP contribution in [0.3, 0.4) is 0 Å². The van der Waals surface area contributed by atoms with Gasteiger partial charge in [0.2, 0.25) is 0 Å². The number of furan rings is 1. The minimum atomic E-state index is -0.984. The Balaban J connectivity index is 1.87. The monoisotopic (exact) mass is 296 g/mol. The minimum absolute atomic E-state index is 0.169. The molecule has 0 unspecified atom stereocenters. The maximum absolute atomic E-state index is 10.9. The third-order valence-corrected chi connectivity index (χ3v) is 3.50. The SMILES string of the molecule is Cc1cccc(-c2cc(Cn3cc(C(=O)O)cn3)oc2C)c1. The maximum atomic E-state index is 10.9. The van der Waals surface area contributed by atoms with Crippen LogP contribution < -0.4 is 0 Å². The van der Waals surface area contributed by atoms with Gasteiger partial charge in [-0.1, -0.05) is 29.8 Å². The highest BCUT2D eigenvalue weighted by Crippen LogP contribution is 2.27. The Morgan fingerprint density at radius 2 is 2.14 bits per heavy atom. The topological polar surface area (TPSA) is 68.3 Å². The van der Waals surface area contributed by atoms with Gasteiger partial charge in [0.05, 0.1) is 18.3 Å². The Hall–Kier alpha value is -2.82. The lowest BCUT2D eigenvalue weighted by atomic mass is 10.0. The molecule has 0 atom stereocenters. The van der Waals surface area contributed by atoms with Gasteiger partial charge in [0.1, 0.15) is 11.5 Å². The Labute approximate surface area is 127 Å². The van der Waals surface area contributed by atoms with Crippen LogP contribution >= 0.6 is 0 Å². The van der Waals surface area contributed by atoms with Crippen LogP contribution in [0.2, 0.25) is 0 Å². The fourth-order valence-electron chi connectivity index (χ4n) is 2.44. The second-order valence-corrected chi connectivity index (χ2v) is 5.28. The van der Waals surface area contributed by atoms with E-state index in [1.54, 1.807) is 4.68 Å². The third-order valence-electron chi connectivity index (χ3n) is 3.50. The van der Waals surface area contributed by atoms with Gasteiger partial charge in [-0.15, -0.1) is 0 Å². The first-order valence-electron chi connectivity index (χ1n) is 6.95. The summed E-state index contributed by atoms with van der Waals surface area (Å²) in [6, 6.07) is 10.2. The van der Waals surface area contributed by atoms with E-state index in [4.69, 9.17) is 9.52 Å². The number of nitrogens with zero attached hydrogens (tertiary/aromatic N) is 2. The molecule has 5 nitrogen and oxygen atoms in total. The lowest BCUT2D eigenvalue weighted by Crippen LogP contribution is -1.99. The first-order chi connectivity index (χ1) is 10.5. The third kappa shape index (κ3) is 2.79. The molecule has 0 saturated heterocycles. The summed E-state index contributed by atoms with van der Waals surface area (Å²) in [6.07, 6.45) is 2.83. The minimum Gasteiger partial charge on any atom is -0.478 e. The van der Waals surface area contributed by atoms with Gasteiger partial charge >= 0.3 is 5.97 Å². The molecule has 0 amide bonds. The molecule has 0 aliphatic rings. The van der Waals surface area contributed by atoms with E-state index < -0.39 is 5.97 Å². The van der Waals surface area contributed by atoms with Crippen molar-refractivity contribution in [3.05, 3.63) is 65.4 Å². The van der Waals surface area contributed by atoms with Gasteiger partial charge in [-0.3, -0.25) is 4.68 Å². The molecule has 3 aromatic rings. The van der Waals surface area contributed by atoms with E-state index in [0.717, 1.165) is 22.6 Å². The summed E-state index contributed by atoms with van der Waals surface area (Å²) in [5.41, 5.74) is 3.52. The Morgan fingerprint density at radius 1 is 1.32 bits per heavy atom. The lowest BCUT2D eigenvalue weighted by molar-refractivity contribution is 0.0696. The van der Waals surface area contributed by atoms with Crippen molar-refractivity contribution in [3.63, 3.8) is 0 Å². The fourth-order valence-corrected chi connectivity index (χ4v) is 2.44. The molecule has 0 fully saturated rings. The summed E-state index contributed by atoms with van der Waals surface area (Å²) in [6.45, 7) is 4.38. The number of benzene rings is 1. The van der Waals surface area contributed by atoms with Crippen molar-refractivity contribution in [2.24, 2.45) is 0 Å². The van der Waals surface area contributed by atoms with Crippen LogP contribution in [0.1, 0.15) is 27.4 Å². The zero-order chi connectivity index (χ0) is 15.7. The predicted molar refractivity (Wildman–Crippen MR) is 81.9 cm³/mol. The van der Waals surface area contributed by atoms with Gasteiger partial charge in [-0.05, 0) is 25.5 Å². The molecule has 112 valence electrons. The van der Waals surface area contributed by atoms with Gasteiger partial charge in [-0.25, -0.2) is 4.79 Å². The van der Waals surface area contributed by atoms with Crippen LogP contribution in [0.25, 0.3) is 11.1 Å². The van der Waals surface area contributed by atoms with Crippen LogP contribution in [-0.4, -0.2) is 20.9 Å². The Kier molecular flexibility index (Phi) is 3.55. The molecule has 2 aromatic heterocycles. The second-order valence-electron chi connectivity index (χ2n) is 5.28. The Bertz CT molecular complexity index is 830. The summed E-state index contributed by atoms with van der Waals surface area (Å²) < 4.78 is 7.33. The number of rotatable bonds is 4. The zero-order valence-corrected chi connectivity index (χ0v) is 12.4. The summed E-state index contributed by atoms with van der Waals surface area (Å²) in [7, 11) is 0. The molecule has 1 N–H and O–H groups in total. The standard InChI is InChI=1S/C17H16N2O3/c1-11-4-3-5-13(6-11)16-7-15(22-12(16)2)10-19-9-14(8-18-19)17(20)21/h3-9H,10H2,1-2H3,(H,20,21). The van der Waals surface area contributed by atoms with E-state index in [9.17, 15) is 4.79 Å². The molecule has 0 bridgehead atoms. The summed E-state index contributed by atoms with van der Waals surface area (Å²) >= 11 is 0. The van der Waals surface area contributed by atoms with E-state index in [1.807, 2.05) is 25.1 Å². The van der Waals surface area contributed by atoms with Crippen LogP contribution in [0, 0.1) is 13.8 Å². The quantitative estimate of drug-likeness (QED) is 0.800. The lowest BCUT2D eigenvalue weighted by Gasteiger charge is -1.99. The largest absolute Gasteiger partial charge is 0.478 e. The number of hydrogen-bond acceptors (Lipinski definition) is 3. The molecule has 0 spiro atoms. The summed E-state index contributed by atoms with van der Waals surface area (Å²) in [5, 5.41) is 12.9. The number of carboxylic acids is 1. The highest BCUT2D eigenvalue weighted by atomic mass is 16.4. The highest BCUT2D eigenvalue weighted by molar-refractivity contribution is 5.86. The predicted octanol–water partition coefficient (Wildman–Crippen LogP) is 3.51. The van der Waals surface area contributed by atoms with E-state index in [-0.39, 0.29) is 5.56 Å². The van der Waals surface area contributed by atoms with Gasteiger partial charge in [0.25, 0.3) is 0 Å². The normalized spacial score (nSPS) is 10.8. The number of aromatic nitrogens is 2. The van der Waals surface area contributed by atoms with Crippen LogP contribution in [0.15, 0.2) is 47.1 Å². The van der Waals surface area contributed by atoms with Gasteiger partial charge in [0.15, 0.2) is 0 Å². The van der Waals surface area contributed by atoms with Crippen molar-refractivity contribution < 1.29 is 14.3 Å². The molecule has 0 radical (unpaired) electrons. The van der Waals surface area contributed by atoms with Crippen molar-refractivity contribution in [1.82, 2.24) is 9.78 Å². The molecule has 2 heterocycles. The smallest absolute Gasteiger partial charge is 0.338 e. The number of carboxylic acid groups (broad SMARTS) is 1. The van der Waals surface area contributed by atoms with Crippen molar-refractivity contribution in [2.75, 3.05) is 0 Å². The van der Waals surface area contributed by atoms with E-state index in [1.165, 1.54) is 18.0 Å². The number of carbonyl (C=O) groups is 1. The van der Waals surface area contributed by atoms with E-state index >= 15 is 0 Å². The van der Waals surface area contributed by atoms with Gasteiger partial charge in [0, 0.05) is 11.8 Å². The molecule has 22 heavy (non-hydrogen) atoms. The molecule has 3 rings (SSSR count). The molecule has 0 saturated carbocycles. The number of aryl methyl sites for hydroxylation is 2. The fraction of sp³-hybridized carbons (Fsp3) is 0.176. The maximum Gasteiger partial charge on any atom is 0.338 e. The molecule has 5 heteroatoms. The van der Waals surface area contributed by atoms with E-state index in [0.29, 0.717) is 6.54 Å². The van der Waals surface area contributed by atoms with Crippen molar-refractivity contribution in [3.8, 4) is 11.1 Å². The summed E-state index contributed by atoms with van der Waals surface area (Å²) in [4.78, 5) is 10.9. The van der Waals surface area contributed by atoms with Crippen molar-refractivity contribution in [2.45, 2.75) is 20.4 Å². The average Bonchev–Trinajstić information content (AvgIpc) is 3.06. The first-order valence-corrected chi connectivity index (χ1v) is 6.95. The molecule has 0 aliphatic heterocycles. The van der Waals surface area contributed by atoms with Crippen LogP contribution in [0.5, 0.6) is 0 Å². The highest BCUT2D eigenvalue weighted by Gasteiger charge is 2.12. The molecular formula is C17H16N2O3. The van der Waals surface area contributed by atoms with Crippen molar-refractivity contribution in [1.29, 1.82) is 0 Å². The van der Waals surface area contributed by atoms with Gasteiger partial charge < -0.3 is 9.52 Å². The van der Waals surface area contributed by atoms with E-state index in [2.05, 4.69) is 24.2 Å². The van der Waals surface area contributed by atoms with Gasteiger partial charge in [-0.2, -0.15) is 5.10 Å². The zero-order valence-electron chi connectivity index (χ0n) is 12.4. The first kappa shape index (κ1) is 14.1. The average molecular weight is 296 g/mol. The molecular weight excluding hydrogens is 280 g/mol. The number of hydrogen-bond donors (Lipinski definition) is 1. The van der Waals surface area contributed by atoms with Crippen LogP contribution in [0.4, 0.5) is 0 Å². The summed E-state index contributed by atoms with van der Waals surface area (Å²) in [5.74, 6) is 0.600. The Morgan fingerprint density at radius 3 is 2.82 bits per heavy atom. The van der Waals surface area contributed by atoms with Crippen LogP contribution in [-0.2, 0) is 6.54 Å². The number of aromatic carboxylic acids is 1. The van der Waals surface area contributed by atoms with Crippen molar-refractivity contribution >= 4 is 5.97 Å². The molecule has 0 aliphatic carbocycles.